The molecule has 0 aliphatic carbocycles. The summed E-state index contributed by atoms with van der Waals surface area (Å²) in [6.45, 7) is 1.76. The number of ether oxygens (including phenoxy) is 1. The van der Waals surface area contributed by atoms with Crippen molar-refractivity contribution in [2.45, 2.75) is 13.0 Å². The molecule has 0 spiro atoms. The van der Waals surface area contributed by atoms with E-state index in [-0.39, 0.29) is 17.7 Å². The third-order valence-electron chi connectivity index (χ3n) is 3.44. The van der Waals surface area contributed by atoms with Gasteiger partial charge in [-0.05, 0) is 31.2 Å². The van der Waals surface area contributed by atoms with Crippen LogP contribution < -0.4 is 0 Å². The zero-order valence-corrected chi connectivity index (χ0v) is 14.2. The lowest BCUT2D eigenvalue weighted by atomic mass is 10.1. The van der Waals surface area contributed by atoms with E-state index in [0.29, 0.717) is 9.99 Å². The molecule has 0 radical (unpaired) electrons. The molecule has 0 fully saturated rings. The van der Waals surface area contributed by atoms with Crippen molar-refractivity contribution in [3.8, 4) is 0 Å². The number of nitrogens with zero attached hydrogens (tertiary/aromatic N) is 2. The number of Topliss-reactive ketones (excluding diaryl/α,β-unsaturated/α-hetero) is 1. The first-order chi connectivity index (χ1) is 11.5. The van der Waals surface area contributed by atoms with Crippen molar-refractivity contribution in [2.75, 3.05) is 6.61 Å². The molecule has 0 aliphatic rings. The van der Waals surface area contributed by atoms with Crippen LogP contribution >= 0.6 is 15.9 Å². The van der Waals surface area contributed by atoms with E-state index in [1.54, 1.807) is 31.3 Å². The van der Waals surface area contributed by atoms with Crippen molar-refractivity contribution < 1.29 is 18.7 Å². The molecule has 8 heteroatoms. The number of aromatic amines is 1. The number of carbonyl (C=O) groups is 2. The van der Waals surface area contributed by atoms with Crippen LogP contribution in [0.3, 0.4) is 0 Å². The summed E-state index contributed by atoms with van der Waals surface area (Å²) < 4.78 is 20.7. The number of nitrogens with one attached hydrogen (secondary N) is 1. The highest BCUT2D eigenvalue weighted by atomic mass is 79.9. The summed E-state index contributed by atoms with van der Waals surface area (Å²) in [5.41, 5.74) is 0.574. The van der Waals surface area contributed by atoms with Crippen molar-refractivity contribution >= 4 is 38.6 Å². The first-order valence-electron chi connectivity index (χ1n) is 7.19. The number of benzene rings is 1. The fraction of sp³-hybridized carbons (Fsp3) is 0.188. The van der Waals surface area contributed by atoms with E-state index in [1.807, 2.05) is 0 Å². The number of ketones is 1. The van der Waals surface area contributed by atoms with Crippen LogP contribution in [0.25, 0.3) is 10.9 Å². The van der Waals surface area contributed by atoms with Gasteiger partial charge in [0.05, 0.1) is 23.2 Å². The van der Waals surface area contributed by atoms with Gasteiger partial charge in [0.2, 0.25) is 11.8 Å². The molecule has 0 unspecified atom stereocenters. The Morgan fingerprint density at radius 2 is 2.25 bits per heavy atom. The number of rotatable bonds is 5. The Bertz CT molecular complexity index is 905. The van der Waals surface area contributed by atoms with Gasteiger partial charge in [-0.15, -0.1) is 0 Å². The molecule has 24 heavy (non-hydrogen) atoms. The van der Waals surface area contributed by atoms with Crippen molar-refractivity contribution in [2.24, 2.45) is 0 Å². The summed E-state index contributed by atoms with van der Waals surface area (Å²) >= 11 is 3.19. The molecule has 1 atom stereocenters. The van der Waals surface area contributed by atoms with Gasteiger partial charge in [-0.3, -0.25) is 4.79 Å². The van der Waals surface area contributed by atoms with Crippen molar-refractivity contribution in [3.63, 3.8) is 0 Å². The van der Waals surface area contributed by atoms with Gasteiger partial charge >= 0.3 is 5.97 Å². The molecule has 1 N–H and O–H groups in total. The van der Waals surface area contributed by atoms with Crippen molar-refractivity contribution in [1.82, 2.24) is 14.8 Å². The largest absolute Gasteiger partial charge is 0.464 e. The number of carbonyl (C=O) groups excluding carboxylic acids is 2. The van der Waals surface area contributed by atoms with Crippen LogP contribution in [0, 0.1) is 5.82 Å². The first-order valence-corrected chi connectivity index (χ1v) is 7.98. The SMILES string of the molecule is CCOC(=O)[C@H](C(=O)c1ccc[nH]1)n1cc2c(F)cc(Br)cc2n1. The highest BCUT2D eigenvalue weighted by Gasteiger charge is 2.32. The van der Waals surface area contributed by atoms with Gasteiger partial charge in [0.25, 0.3) is 0 Å². The molecule has 2 heterocycles. The summed E-state index contributed by atoms with van der Waals surface area (Å²) in [6, 6.07) is 4.77. The lowest BCUT2D eigenvalue weighted by Gasteiger charge is -2.14. The van der Waals surface area contributed by atoms with Crippen LogP contribution in [0.5, 0.6) is 0 Å². The Balaban J connectivity index is 2.10. The monoisotopic (exact) mass is 393 g/mol. The quantitative estimate of drug-likeness (QED) is 0.410. The second-order valence-electron chi connectivity index (χ2n) is 5.03. The molecule has 0 saturated carbocycles. The number of esters is 1. The average Bonchev–Trinajstić information content (AvgIpc) is 3.16. The molecule has 3 rings (SSSR count). The second kappa shape index (κ2) is 6.56. The van der Waals surface area contributed by atoms with Gasteiger partial charge < -0.3 is 9.72 Å². The predicted molar refractivity (Wildman–Crippen MR) is 88.2 cm³/mol. The summed E-state index contributed by atoms with van der Waals surface area (Å²) in [6.07, 6.45) is 2.91. The zero-order valence-electron chi connectivity index (χ0n) is 12.6. The highest BCUT2D eigenvalue weighted by molar-refractivity contribution is 9.10. The lowest BCUT2D eigenvalue weighted by Crippen LogP contribution is -2.30. The zero-order chi connectivity index (χ0) is 17.3. The van der Waals surface area contributed by atoms with Gasteiger partial charge in [0.15, 0.2) is 0 Å². The van der Waals surface area contributed by atoms with Crippen molar-refractivity contribution in [3.05, 3.63) is 52.6 Å². The molecule has 124 valence electrons. The Kier molecular flexibility index (Phi) is 4.48. The molecule has 2 aromatic heterocycles. The Hall–Kier alpha value is -2.48. The maximum Gasteiger partial charge on any atom is 0.339 e. The van der Waals surface area contributed by atoms with Crippen molar-refractivity contribution in [1.29, 1.82) is 0 Å². The maximum absolute atomic E-state index is 14.1. The van der Waals surface area contributed by atoms with Gasteiger partial charge in [0, 0.05) is 16.9 Å². The van der Waals surface area contributed by atoms with Crippen LogP contribution in [0.15, 0.2) is 41.1 Å². The number of hydrogen-bond donors (Lipinski definition) is 1. The highest BCUT2D eigenvalue weighted by Crippen LogP contribution is 2.25. The van der Waals surface area contributed by atoms with E-state index in [9.17, 15) is 14.0 Å². The van der Waals surface area contributed by atoms with Gasteiger partial charge in [-0.2, -0.15) is 5.10 Å². The fourth-order valence-electron chi connectivity index (χ4n) is 2.39. The minimum atomic E-state index is -1.32. The van der Waals surface area contributed by atoms with Crippen LogP contribution in [-0.2, 0) is 9.53 Å². The molecular weight excluding hydrogens is 381 g/mol. The maximum atomic E-state index is 14.1. The molecule has 0 aliphatic heterocycles. The topological polar surface area (TPSA) is 77.0 Å². The molecule has 1 aromatic carbocycles. The Labute approximate surface area is 144 Å². The van der Waals surface area contributed by atoms with E-state index in [1.165, 1.54) is 12.3 Å². The number of fused-ring (bicyclic) bond motifs is 1. The second-order valence-corrected chi connectivity index (χ2v) is 5.95. The van der Waals surface area contributed by atoms with Crippen LogP contribution in [0.2, 0.25) is 0 Å². The van der Waals surface area contributed by atoms with E-state index in [4.69, 9.17) is 4.74 Å². The van der Waals surface area contributed by atoms with E-state index >= 15 is 0 Å². The third kappa shape index (κ3) is 2.96. The lowest BCUT2D eigenvalue weighted by molar-refractivity contribution is -0.145. The number of aromatic nitrogens is 3. The number of hydrogen-bond acceptors (Lipinski definition) is 4. The molecule has 6 nitrogen and oxygen atoms in total. The minimum absolute atomic E-state index is 0.119. The summed E-state index contributed by atoms with van der Waals surface area (Å²) in [4.78, 5) is 27.7. The summed E-state index contributed by atoms with van der Waals surface area (Å²) in [7, 11) is 0. The summed E-state index contributed by atoms with van der Waals surface area (Å²) in [5, 5.41) is 4.39. The standard InChI is InChI=1S/C16H13BrFN3O3/c1-2-24-16(23)14(15(22)12-4-3-5-19-12)21-8-10-11(18)6-9(17)7-13(10)20-21/h3-8,14,19H,2H2,1H3/t14-/m0/s1. The summed E-state index contributed by atoms with van der Waals surface area (Å²) in [5.74, 6) is -1.75. The van der Waals surface area contributed by atoms with Crippen LogP contribution in [0.1, 0.15) is 23.5 Å². The van der Waals surface area contributed by atoms with E-state index < -0.39 is 23.6 Å². The van der Waals surface area contributed by atoms with Crippen LogP contribution in [-0.4, -0.2) is 33.1 Å². The Morgan fingerprint density at radius 3 is 2.92 bits per heavy atom. The molecule has 0 amide bonds. The van der Waals surface area contributed by atoms with Crippen LogP contribution in [0.4, 0.5) is 4.39 Å². The number of halogens is 2. The Morgan fingerprint density at radius 1 is 1.46 bits per heavy atom. The van der Waals surface area contributed by atoms with E-state index in [0.717, 1.165) is 4.68 Å². The van der Waals surface area contributed by atoms with Gasteiger partial charge in [-0.1, -0.05) is 15.9 Å². The fourth-order valence-corrected chi connectivity index (χ4v) is 2.80. The minimum Gasteiger partial charge on any atom is -0.464 e. The number of H-pyrrole nitrogens is 1. The average molecular weight is 394 g/mol. The van der Waals surface area contributed by atoms with E-state index in [2.05, 4.69) is 26.0 Å². The van der Waals surface area contributed by atoms with Gasteiger partial charge in [0.1, 0.15) is 5.82 Å². The molecule has 0 bridgehead atoms. The molecule has 3 aromatic rings. The normalized spacial score (nSPS) is 12.3. The molecular formula is C16H13BrFN3O3. The third-order valence-corrected chi connectivity index (χ3v) is 3.90. The smallest absolute Gasteiger partial charge is 0.339 e. The van der Waals surface area contributed by atoms with Gasteiger partial charge in [-0.25, -0.2) is 13.9 Å². The predicted octanol–water partition coefficient (Wildman–Crippen LogP) is 3.25. The first kappa shape index (κ1) is 16.4. The molecule has 0 saturated heterocycles.